The van der Waals surface area contributed by atoms with Crippen molar-refractivity contribution < 1.29 is 19.4 Å². The predicted molar refractivity (Wildman–Crippen MR) is 130 cm³/mol. The molecule has 1 aliphatic rings. The Kier molecular flexibility index (Phi) is 8.65. The van der Waals surface area contributed by atoms with E-state index in [1.807, 2.05) is 44.2 Å². The van der Waals surface area contributed by atoms with Crippen LogP contribution in [0.1, 0.15) is 56.6 Å². The molecule has 0 spiro atoms. The number of ether oxygens (including phenoxy) is 1. The lowest BCUT2D eigenvalue weighted by Gasteiger charge is -2.35. The molecular weight excluding hydrogens is 420 g/mol. The number of aliphatic carboxylic acids is 1. The first-order chi connectivity index (χ1) is 15.9. The maximum atomic E-state index is 12.9. The van der Waals surface area contributed by atoms with E-state index >= 15 is 0 Å². The normalized spacial score (nSPS) is 15.0. The fraction of sp³-hybridized carbons (Fsp3) is 0.480. The monoisotopic (exact) mass is 454 g/mol. The van der Waals surface area contributed by atoms with Crippen molar-refractivity contribution in [3.05, 3.63) is 47.7 Å². The van der Waals surface area contributed by atoms with Crippen molar-refractivity contribution >= 4 is 29.2 Å². The van der Waals surface area contributed by atoms with Gasteiger partial charge in [0.15, 0.2) is 5.82 Å². The highest BCUT2D eigenvalue weighted by molar-refractivity contribution is 6.01. The number of aryl methyl sites for hydroxylation is 1. The Morgan fingerprint density at radius 2 is 1.88 bits per heavy atom. The number of benzene rings is 1. The molecular formula is C25H34N4O4. The number of nitrogens with zero attached hydrogens (tertiary/aromatic N) is 2. The Morgan fingerprint density at radius 1 is 1.18 bits per heavy atom. The molecule has 1 fully saturated rings. The molecule has 1 aromatic heterocycles. The molecule has 1 aliphatic heterocycles. The summed E-state index contributed by atoms with van der Waals surface area (Å²) >= 11 is 0. The number of carboxylic acids is 1. The minimum Gasteiger partial charge on any atom is -0.481 e. The number of pyridine rings is 1. The molecule has 8 nitrogen and oxygen atoms in total. The summed E-state index contributed by atoms with van der Waals surface area (Å²) in [5.41, 5.74) is 3.18. The number of carbonyl (C=O) groups is 2. The summed E-state index contributed by atoms with van der Waals surface area (Å²) < 4.78 is 5.52. The Morgan fingerprint density at radius 3 is 2.48 bits per heavy atom. The molecule has 8 heteroatoms. The lowest BCUT2D eigenvalue weighted by atomic mass is 9.94. The summed E-state index contributed by atoms with van der Waals surface area (Å²) in [5, 5.41) is 15.1. The number of hydrogen-bond donors (Lipinski definition) is 3. The third kappa shape index (κ3) is 6.68. The van der Waals surface area contributed by atoms with Gasteiger partial charge >= 0.3 is 12.0 Å². The fourth-order valence-electron chi connectivity index (χ4n) is 4.23. The van der Waals surface area contributed by atoms with Crippen LogP contribution in [0.5, 0.6) is 0 Å². The van der Waals surface area contributed by atoms with Crippen LogP contribution in [0, 0.1) is 6.92 Å². The molecule has 1 aromatic carbocycles. The van der Waals surface area contributed by atoms with Gasteiger partial charge in [0.1, 0.15) is 0 Å². The number of carboxylic acid groups (broad SMARTS) is 1. The van der Waals surface area contributed by atoms with E-state index in [9.17, 15) is 14.7 Å². The zero-order valence-corrected chi connectivity index (χ0v) is 19.6. The van der Waals surface area contributed by atoms with Crippen LogP contribution in [0.4, 0.5) is 22.0 Å². The quantitative estimate of drug-likeness (QED) is 0.492. The highest BCUT2D eigenvalue weighted by Crippen LogP contribution is 2.33. The van der Waals surface area contributed by atoms with E-state index in [4.69, 9.17) is 9.72 Å². The van der Waals surface area contributed by atoms with Crippen LogP contribution in [-0.2, 0) is 9.53 Å². The second-order valence-corrected chi connectivity index (χ2v) is 8.42. The highest BCUT2D eigenvalue weighted by atomic mass is 16.5. The van der Waals surface area contributed by atoms with E-state index in [0.717, 1.165) is 30.5 Å². The fourth-order valence-corrected chi connectivity index (χ4v) is 4.23. The summed E-state index contributed by atoms with van der Waals surface area (Å²) in [4.78, 5) is 31.1. The number of carbonyl (C=O) groups excluding carboxylic acids is 1. The molecule has 33 heavy (non-hydrogen) atoms. The van der Waals surface area contributed by atoms with Crippen LogP contribution in [-0.4, -0.2) is 47.9 Å². The molecule has 2 heterocycles. The average Bonchev–Trinajstić information content (AvgIpc) is 2.81. The van der Waals surface area contributed by atoms with Crippen molar-refractivity contribution in [2.75, 3.05) is 35.3 Å². The van der Waals surface area contributed by atoms with Gasteiger partial charge in [0.05, 0.1) is 12.1 Å². The van der Waals surface area contributed by atoms with Crippen molar-refractivity contribution in [1.82, 2.24) is 4.98 Å². The van der Waals surface area contributed by atoms with Crippen LogP contribution in [0.2, 0.25) is 0 Å². The maximum absolute atomic E-state index is 12.9. The smallest absolute Gasteiger partial charge is 0.323 e. The topological polar surface area (TPSA) is 104 Å². The number of urea groups is 1. The summed E-state index contributed by atoms with van der Waals surface area (Å²) in [5.74, 6) is -0.338. The molecule has 1 saturated heterocycles. The zero-order valence-electron chi connectivity index (χ0n) is 19.6. The number of amides is 2. The van der Waals surface area contributed by atoms with Crippen LogP contribution in [0.15, 0.2) is 36.5 Å². The van der Waals surface area contributed by atoms with Gasteiger partial charge in [-0.1, -0.05) is 24.6 Å². The molecule has 1 unspecified atom stereocenters. The molecule has 0 radical (unpaired) electrons. The van der Waals surface area contributed by atoms with Crippen molar-refractivity contribution in [2.24, 2.45) is 0 Å². The lowest BCUT2D eigenvalue weighted by Crippen LogP contribution is -2.40. The van der Waals surface area contributed by atoms with Gasteiger partial charge in [0, 0.05) is 37.7 Å². The van der Waals surface area contributed by atoms with E-state index in [1.54, 1.807) is 6.20 Å². The van der Waals surface area contributed by atoms with Crippen molar-refractivity contribution in [3.8, 4) is 0 Å². The van der Waals surface area contributed by atoms with Gasteiger partial charge in [-0.3, -0.25) is 4.79 Å². The van der Waals surface area contributed by atoms with Crippen molar-refractivity contribution in [3.63, 3.8) is 0 Å². The molecule has 178 valence electrons. The lowest BCUT2D eigenvalue weighted by molar-refractivity contribution is -0.137. The largest absolute Gasteiger partial charge is 0.481 e. The third-order valence-corrected chi connectivity index (χ3v) is 6.08. The number of anilines is 3. The molecule has 2 amide bonds. The standard InChI is InChI=1S/C25H34N4O4/c1-4-18(15-23(30)31)19-14-22(28-25(32)27-20-8-6-17(3)7-9-20)24(26-16-19)29(5-2)21-10-12-33-13-11-21/h6-9,14,16,18,21H,4-5,10-13,15H2,1-3H3,(H,30,31)(H2,27,28,32). The molecule has 1 atom stereocenters. The molecule has 0 aliphatic carbocycles. The van der Waals surface area contributed by atoms with Gasteiger partial charge in [0.2, 0.25) is 0 Å². The van der Waals surface area contributed by atoms with Gasteiger partial charge in [0.25, 0.3) is 0 Å². The minimum atomic E-state index is -0.852. The second-order valence-electron chi connectivity index (χ2n) is 8.42. The summed E-state index contributed by atoms with van der Waals surface area (Å²) in [6, 6.07) is 9.35. The third-order valence-electron chi connectivity index (χ3n) is 6.08. The Balaban J connectivity index is 1.91. The number of aromatic nitrogens is 1. The van der Waals surface area contributed by atoms with Gasteiger partial charge in [-0.15, -0.1) is 0 Å². The van der Waals surface area contributed by atoms with Crippen LogP contribution in [0.3, 0.4) is 0 Å². The molecule has 3 rings (SSSR count). The van der Waals surface area contributed by atoms with Gasteiger partial charge in [-0.2, -0.15) is 0 Å². The van der Waals surface area contributed by atoms with E-state index < -0.39 is 5.97 Å². The van der Waals surface area contributed by atoms with E-state index in [1.165, 1.54) is 0 Å². The average molecular weight is 455 g/mol. The SMILES string of the molecule is CCC(CC(=O)O)c1cnc(N(CC)C2CCOCC2)c(NC(=O)Nc2ccc(C)cc2)c1. The molecule has 0 bridgehead atoms. The Labute approximate surface area is 195 Å². The summed E-state index contributed by atoms with van der Waals surface area (Å²) in [6.07, 6.45) is 4.22. The first-order valence-corrected chi connectivity index (χ1v) is 11.6. The van der Waals surface area contributed by atoms with E-state index in [-0.39, 0.29) is 24.4 Å². The van der Waals surface area contributed by atoms with Gasteiger partial charge < -0.3 is 25.4 Å². The van der Waals surface area contributed by atoms with Crippen LogP contribution in [0.25, 0.3) is 0 Å². The number of hydrogen-bond acceptors (Lipinski definition) is 5. The Bertz CT molecular complexity index is 942. The minimum absolute atomic E-state index is 0.0178. The van der Waals surface area contributed by atoms with Crippen molar-refractivity contribution in [1.29, 1.82) is 0 Å². The van der Waals surface area contributed by atoms with E-state index in [0.29, 0.717) is 36.8 Å². The summed E-state index contributed by atoms with van der Waals surface area (Å²) in [7, 11) is 0. The van der Waals surface area contributed by atoms with Gasteiger partial charge in [-0.05, 0) is 62.8 Å². The first kappa shape index (κ1) is 24.5. The first-order valence-electron chi connectivity index (χ1n) is 11.6. The Hall–Kier alpha value is -3.13. The summed E-state index contributed by atoms with van der Waals surface area (Å²) in [6.45, 7) is 8.15. The maximum Gasteiger partial charge on any atom is 0.323 e. The molecule has 3 N–H and O–H groups in total. The van der Waals surface area contributed by atoms with E-state index in [2.05, 4.69) is 22.5 Å². The molecule has 0 saturated carbocycles. The predicted octanol–water partition coefficient (Wildman–Crippen LogP) is 5.01. The highest BCUT2D eigenvalue weighted by Gasteiger charge is 2.25. The number of nitrogens with one attached hydrogen (secondary N) is 2. The number of rotatable bonds is 9. The van der Waals surface area contributed by atoms with Crippen LogP contribution >= 0.6 is 0 Å². The zero-order chi connectivity index (χ0) is 23.8. The molecule has 2 aromatic rings. The second kappa shape index (κ2) is 11.7. The van der Waals surface area contributed by atoms with Crippen molar-refractivity contribution in [2.45, 2.75) is 58.4 Å². The van der Waals surface area contributed by atoms with Crippen LogP contribution < -0.4 is 15.5 Å². The van der Waals surface area contributed by atoms with Gasteiger partial charge in [-0.25, -0.2) is 9.78 Å².